The summed E-state index contributed by atoms with van der Waals surface area (Å²) in [5, 5.41) is 5.33. The van der Waals surface area contributed by atoms with Crippen LogP contribution < -0.4 is 5.32 Å². The molecule has 1 fully saturated rings. The normalized spacial score (nSPS) is 21.9. The van der Waals surface area contributed by atoms with Crippen molar-refractivity contribution in [3.05, 3.63) is 50.9 Å². The minimum atomic E-state index is -0.0281. The average Bonchev–Trinajstić information content (AvgIpc) is 3.10. The molecule has 25 heavy (non-hydrogen) atoms. The lowest BCUT2D eigenvalue weighted by atomic mass is 9.80. The number of nitrogens with one attached hydrogen (secondary N) is 1. The second-order valence-electron chi connectivity index (χ2n) is 6.90. The van der Waals surface area contributed by atoms with Crippen molar-refractivity contribution in [2.24, 2.45) is 5.92 Å². The van der Waals surface area contributed by atoms with E-state index in [9.17, 15) is 4.79 Å². The number of carbonyl (C=O) groups excluding carboxylic acids is 1. The third kappa shape index (κ3) is 4.68. The molecule has 0 aliphatic heterocycles. The van der Waals surface area contributed by atoms with E-state index in [-0.39, 0.29) is 11.9 Å². The molecule has 2 heterocycles. The zero-order valence-corrected chi connectivity index (χ0v) is 17.0. The van der Waals surface area contributed by atoms with Gasteiger partial charge in [-0.15, -0.1) is 11.3 Å². The van der Waals surface area contributed by atoms with E-state index in [1.54, 1.807) is 12.4 Å². The Labute approximate surface area is 161 Å². The van der Waals surface area contributed by atoms with Crippen molar-refractivity contribution in [2.75, 3.05) is 14.1 Å². The van der Waals surface area contributed by atoms with Gasteiger partial charge in [0.1, 0.15) is 0 Å². The number of hydrogen-bond acceptors (Lipinski definition) is 4. The average molecular weight is 422 g/mol. The predicted molar refractivity (Wildman–Crippen MR) is 106 cm³/mol. The number of rotatable bonds is 5. The lowest BCUT2D eigenvalue weighted by molar-refractivity contribution is 0.0907. The molecular weight excluding hydrogens is 398 g/mol. The molecule has 0 radical (unpaired) electrons. The molecule has 1 aliphatic rings. The first-order valence-electron chi connectivity index (χ1n) is 8.66. The van der Waals surface area contributed by atoms with Crippen LogP contribution in [0.5, 0.6) is 0 Å². The first-order chi connectivity index (χ1) is 12.0. The number of nitrogens with zero attached hydrogens (tertiary/aromatic N) is 2. The van der Waals surface area contributed by atoms with E-state index < -0.39 is 0 Å². The molecule has 1 saturated carbocycles. The monoisotopic (exact) mass is 421 g/mol. The number of hydrogen-bond donors (Lipinski definition) is 1. The number of amides is 1. The molecule has 0 saturated heterocycles. The first kappa shape index (κ1) is 18.5. The van der Waals surface area contributed by atoms with Gasteiger partial charge in [-0.25, -0.2) is 0 Å². The molecule has 1 atom stereocenters. The minimum Gasteiger partial charge on any atom is -0.349 e. The second kappa shape index (κ2) is 8.43. The Kier molecular flexibility index (Phi) is 6.25. The standard InChI is InChI=1S/C19H24BrN3OS/c1-23(2)18(17-4-3-9-25-17)13-5-7-16(8-6-13)22-19(24)14-10-15(20)12-21-11-14/h3-4,9-13,16,18H,5-8H2,1-2H3,(H,22,24). The van der Waals surface area contributed by atoms with Gasteiger partial charge in [0.25, 0.3) is 5.91 Å². The molecule has 0 spiro atoms. The van der Waals surface area contributed by atoms with Crippen molar-refractivity contribution in [1.82, 2.24) is 15.2 Å². The van der Waals surface area contributed by atoms with Crippen molar-refractivity contribution in [3.8, 4) is 0 Å². The summed E-state index contributed by atoms with van der Waals surface area (Å²) < 4.78 is 0.827. The molecule has 0 aromatic carbocycles. The lowest BCUT2D eigenvalue weighted by Gasteiger charge is -2.37. The third-order valence-corrected chi connectivity index (χ3v) is 6.29. The summed E-state index contributed by atoms with van der Waals surface area (Å²) in [6, 6.07) is 6.92. The van der Waals surface area contributed by atoms with Gasteiger partial charge in [0.2, 0.25) is 0 Å². The van der Waals surface area contributed by atoms with E-state index in [0.29, 0.717) is 17.5 Å². The number of halogens is 1. The Hall–Kier alpha value is -1.24. The number of thiophene rings is 1. The van der Waals surface area contributed by atoms with Gasteiger partial charge in [-0.2, -0.15) is 0 Å². The summed E-state index contributed by atoms with van der Waals surface area (Å²) in [5.41, 5.74) is 0.612. The van der Waals surface area contributed by atoms with Gasteiger partial charge in [0, 0.05) is 33.8 Å². The maximum Gasteiger partial charge on any atom is 0.253 e. The summed E-state index contributed by atoms with van der Waals surface area (Å²) in [5.74, 6) is 0.619. The van der Waals surface area contributed by atoms with Crippen LogP contribution >= 0.6 is 27.3 Å². The van der Waals surface area contributed by atoms with Gasteiger partial charge in [0.05, 0.1) is 5.56 Å². The zero-order chi connectivity index (χ0) is 17.8. The van der Waals surface area contributed by atoms with Crippen LogP contribution in [0.3, 0.4) is 0 Å². The van der Waals surface area contributed by atoms with E-state index in [1.165, 1.54) is 4.88 Å². The summed E-state index contributed by atoms with van der Waals surface area (Å²) in [7, 11) is 4.33. The molecule has 0 bridgehead atoms. The molecule has 1 unspecified atom stereocenters. The maximum atomic E-state index is 12.4. The molecule has 2 aromatic heterocycles. The van der Waals surface area contributed by atoms with Crippen molar-refractivity contribution >= 4 is 33.2 Å². The van der Waals surface area contributed by atoms with E-state index in [4.69, 9.17) is 0 Å². The molecule has 4 nitrogen and oxygen atoms in total. The zero-order valence-electron chi connectivity index (χ0n) is 14.6. The number of carbonyl (C=O) groups is 1. The predicted octanol–water partition coefficient (Wildman–Crippen LogP) is 4.50. The van der Waals surface area contributed by atoms with Gasteiger partial charge in [0.15, 0.2) is 0 Å². The van der Waals surface area contributed by atoms with Crippen molar-refractivity contribution < 1.29 is 4.79 Å². The highest BCUT2D eigenvalue weighted by atomic mass is 79.9. The number of pyridine rings is 1. The lowest BCUT2D eigenvalue weighted by Crippen LogP contribution is -2.39. The minimum absolute atomic E-state index is 0.0281. The molecular formula is C19H24BrN3OS. The van der Waals surface area contributed by atoms with E-state index in [0.717, 1.165) is 30.2 Å². The van der Waals surface area contributed by atoms with Crippen LogP contribution in [-0.4, -0.2) is 35.9 Å². The highest BCUT2D eigenvalue weighted by Gasteiger charge is 2.31. The van der Waals surface area contributed by atoms with Crippen molar-refractivity contribution in [2.45, 2.75) is 37.8 Å². The molecule has 134 valence electrons. The molecule has 3 rings (SSSR count). The van der Waals surface area contributed by atoms with Gasteiger partial charge in [-0.1, -0.05) is 6.07 Å². The van der Waals surface area contributed by atoms with Crippen LogP contribution in [0, 0.1) is 5.92 Å². The quantitative estimate of drug-likeness (QED) is 0.772. The molecule has 1 aliphatic carbocycles. The van der Waals surface area contributed by atoms with Crippen LogP contribution in [0.25, 0.3) is 0 Å². The van der Waals surface area contributed by atoms with Crippen molar-refractivity contribution in [3.63, 3.8) is 0 Å². The van der Waals surface area contributed by atoms with E-state index in [2.05, 4.69) is 62.7 Å². The molecule has 1 N–H and O–H groups in total. The van der Waals surface area contributed by atoms with E-state index in [1.807, 2.05) is 17.4 Å². The van der Waals surface area contributed by atoms with Gasteiger partial charge >= 0.3 is 0 Å². The topological polar surface area (TPSA) is 45.2 Å². The Morgan fingerprint density at radius 3 is 2.68 bits per heavy atom. The highest BCUT2D eigenvalue weighted by molar-refractivity contribution is 9.10. The largest absolute Gasteiger partial charge is 0.349 e. The summed E-state index contributed by atoms with van der Waals surface area (Å²) in [4.78, 5) is 20.2. The Balaban J connectivity index is 1.57. The van der Waals surface area contributed by atoms with Gasteiger partial charge in [-0.3, -0.25) is 9.78 Å². The van der Waals surface area contributed by atoms with Gasteiger partial charge in [-0.05, 0) is 79.1 Å². The fourth-order valence-corrected chi connectivity index (χ4v) is 5.13. The summed E-state index contributed by atoms with van der Waals surface area (Å²) in [6.07, 6.45) is 7.66. The summed E-state index contributed by atoms with van der Waals surface area (Å²) in [6.45, 7) is 0. The van der Waals surface area contributed by atoms with Gasteiger partial charge < -0.3 is 10.2 Å². The Morgan fingerprint density at radius 1 is 1.32 bits per heavy atom. The molecule has 2 aromatic rings. The number of aromatic nitrogens is 1. The van der Waals surface area contributed by atoms with Crippen LogP contribution in [0.4, 0.5) is 0 Å². The van der Waals surface area contributed by atoms with Crippen molar-refractivity contribution in [1.29, 1.82) is 0 Å². The third-order valence-electron chi connectivity index (χ3n) is 4.91. The second-order valence-corrected chi connectivity index (χ2v) is 8.80. The molecule has 1 amide bonds. The SMILES string of the molecule is CN(C)C(c1cccs1)C1CCC(NC(=O)c2cncc(Br)c2)CC1. The highest BCUT2D eigenvalue weighted by Crippen LogP contribution is 2.39. The summed E-state index contributed by atoms with van der Waals surface area (Å²) >= 11 is 5.21. The van der Waals surface area contributed by atoms with Crippen LogP contribution in [0.2, 0.25) is 0 Å². The van der Waals surface area contributed by atoms with E-state index >= 15 is 0 Å². The maximum absolute atomic E-state index is 12.4. The Bertz CT molecular complexity index is 696. The molecule has 6 heteroatoms. The fourth-order valence-electron chi connectivity index (χ4n) is 3.75. The fraction of sp³-hybridized carbons (Fsp3) is 0.474. The van der Waals surface area contributed by atoms with Crippen LogP contribution in [0.1, 0.15) is 47.0 Å². The Morgan fingerprint density at radius 2 is 2.08 bits per heavy atom. The first-order valence-corrected chi connectivity index (χ1v) is 10.3. The smallest absolute Gasteiger partial charge is 0.253 e. The van der Waals surface area contributed by atoms with Crippen LogP contribution in [0.15, 0.2) is 40.4 Å². The van der Waals surface area contributed by atoms with Crippen LogP contribution in [-0.2, 0) is 0 Å².